The molecule has 3 rings (SSSR count). The molecule has 0 radical (unpaired) electrons. The van der Waals surface area contributed by atoms with Gasteiger partial charge in [0.1, 0.15) is 6.04 Å². The summed E-state index contributed by atoms with van der Waals surface area (Å²) < 4.78 is 28.5. The van der Waals surface area contributed by atoms with E-state index in [1.807, 2.05) is 13.8 Å². The predicted octanol–water partition coefficient (Wildman–Crippen LogP) is 1.19. The van der Waals surface area contributed by atoms with Crippen molar-refractivity contribution in [3.05, 3.63) is 0 Å². The summed E-state index contributed by atoms with van der Waals surface area (Å²) in [6.07, 6.45) is 6.96. The van der Waals surface area contributed by atoms with Crippen molar-refractivity contribution in [3.8, 4) is 0 Å². The summed E-state index contributed by atoms with van der Waals surface area (Å²) in [4.78, 5) is 27.5. The Labute approximate surface area is 175 Å². The summed E-state index contributed by atoms with van der Waals surface area (Å²) in [6.45, 7) is 6.42. The van der Waals surface area contributed by atoms with Gasteiger partial charge in [-0.2, -0.15) is 17.0 Å². The van der Waals surface area contributed by atoms with Crippen LogP contribution in [0, 0.1) is 11.8 Å². The van der Waals surface area contributed by atoms with Crippen molar-refractivity contribution < 1.29 is 18.0 Å². The molecule has 9 heteroatoms. The Morgan fingerprint density at radius 3 is 1.93 bits per heavy atom. The summed E-state index contributed by atoms with van der Waals surface area (Å²) in [5.74, 6) is -0.101. The van der Waals surface area contributed by atoms with Crippen molar-refractivity contribution in [1.29, 1.82) is 0 Å². The lowest BCUT2D eigenvalue weighted by molar-refractivity contribution is -0.139. The maximum Gasteiger partial charge on any atom is 0.282 e. The minimum atomic E-state index is -3.42. The number of hydrogen-bond acceptors (Lipinski definition) is 4. The Morgan fingerprint density at radius 2 is 1.38 bits per heavy atom. The van der Waals surface area contributed by atoms with Crippen LogP contribution in [0.3, 0.4) is 0 Å². The zero-order valence-corrected chi connectivity index (χ0v) is 18.6. The Balaban J connectivity index is 1.56. The summed E-state index contributed by atoms with van der Waals surface area (Å²) in [7, 11) is -3.42. The summed E-state index contributed by atoms with van der Waals surface area (Å²) in [6, 6.07) is -0.550. The largest absolute Gasteiger partial charge is 0.344 e. The first kappa shape index (κ1) is 22.5. The van der Waals surface area contributed by atoms with E-state index < -0.39 is 16.3 Å². The van der Waals surface area contributed by atoms with E-state index in [9.17, 15) is 18.0 Å². The highest BCUT2D eigenvalue weighted by molar-refractivity contribution is 7.86. The SMILES string of the molecule is CC(C)C(NC(=O)C1CCCCC1)C(=O)N1CCN(S(=O)(=O)N2CCCC2)CC1. The lowest BCUT2D eigenvalue weighted by Crippen LogP contribution is -2.58. The van der Waals surface area contributed by atoms with Crippen LogP contribution < -0.4 is 5.32 Å². The standard InChI is InChI=1S/C20H36N4O4S/c1-16(2)18(21-19(25)17-8-4-3-5-9-17)20(26)22-12-14-24(15-13-22)29(27,28)23-10-6-7-11-23/h16-18H,3-15H2,1-2H3,(H,21,25). The normalized spacial score (nSPS) is 24.0. The first-order chi connectivity index (χ1) is 13.8. The topological polar surface area (TPSA) is 90.0 Å². The molecule has 3 fully saturated rings. The lowest BCUT2D eigenvalue weighted by atomic mass is 9.88. The number of piperazine rings is 1. The van der Waals surface area contributed by atoms with Crippen LogP contribution >= 0.6 is 0 Å². The minimum absolute atomic E-state index is 0.00741. The zero-order valence-electron chi connectivity index (χ0n) is 17.8. The molecule has 3 aliphatic rings. The van der Waals surface area contributed by atoms with Gasteiger partial charge in [-0.3, -0.25) is 9.59 Å². The van der Waals surface area contributed by atoms with Crippen LogP contribution in [0.25, 0.3) is 0 Å². The molecule has 1 N–H and O–H groups in total. The molecule has 1 atom stereocenters. The highest BCUT2D eigenvalue weighted by Gasteiger charge is 2.37. The quantitative estimate of drug-likeness (QED) is 0.688. The molecular weight excluding hydrogens is 392 g/mol. The number of amides is 2. The molecule has 2 amide bonds. The Kier molecular flexibility index (Phi) is 7.56. The second-order valence-electron chi connectivity index (χ2n) is 8.90. The van der Waals surface area contributed by atoms with E-state index in [1.54, 1.807) is 9.21 Å². The van der Waals surface area contributed by atoms with Crippen molar-refractivity contribution >= 4 is 22.0 Å². The third kappa shape index (κ3) is 5.30. The second kappa shape index (κ2) is 9.75. The Morgan fingerprint density at radius 1 is 0.828 bits per heavy atom. The lowest BCUT2D eigenvalue weighted by Gasteiger charge is -2.38. The van der Waals surface area contributed by atoms with Crippen LogP contribution in [0.4, 0.5) is 0 Å². The van der Waals surface area contributed by atoms with Gasteiger partial charge >= 0.3 is 0 Å². The van der Waals surface area contributed by atoms with Crippen molar-refractivity contribution in [3.63, 3.8) is 0 Å². The molecule has 0 aromatic heterocycles. The fourth-order valence-corrected chi connectivity index (χ4v) is 6.24. The molecule has 0 spiro atoms. The number of carbonyl (C=O) groups excluding carboxylic acids is 2. The molecule has 2 aliphatic heterocycles. The molecule has 2 saturated heterocycles. The van der Waals surface area contributed by atoms with Gasteiger partial charge in [-0.15, -0.1) is 0 Å². The third-order valence-corrected chi connectivity index (χ3v) is 8.51. The van der Waals surface area contributed by atoms with E-state index in [0.29, 0.717) is 39.3 Å². The van der Waals surface area contributed by atoms with Crippen molar-refractivity contribution in [2.75, 3.05) is 39.3 Å². The average Bonchev–Trinajstić information content (AvgIpc) is 3.28. The molecule has 166 valence electrons. The fraction of sp³-hybridized carbons (Fsp3) is 0.900. The number of rotatable bonds is 6. The third-order valence-electron chi connectivity index (χ3n) is 6.47. The molecule has 0 aromatic carbocycles. The van der Waals surface area contributed by atoms with E-state index in [0.717, 1.165) is 38.5 Å². The van der Waals surface area contributed by atoms with Crippen molar-refractivity contribution in [2.45, 2.75) is 64.8 Å². The average molecular weight is 429 g/mol. The highest BCUT2D eigenvalue weighted by Crippen LogP contribution is 2.24. The van der Waals surface area contributed by atoms with Crippen LogP contribution in [-0.2, 0) is 19.8 Å². The predicted molar refractivity (Wildman–Crippen MR) is 111 cm³/mol. The van der Waals surface area contributed by atoms with Gasteiger partial charge in [0.25, 0.3) is 10.2 Å². The highest BCUT2D eigenvalue weighted by atomic mass is 32.2. The molecule has 1 saturated carbocycles. The monoisotopic (exact) mass is 428 g/mol. The molecule has 1 aliphatic carbocycles. The van der Waals surface area contributed by atoms with E-state index in [2.05, 4.69) is 5.32 Å². The molecule has 0 bridgehead atoms. The maximum atomic E-state index is 13.1. The van der Waals surface area contributed by atoms with Gasteiger partial charge in [0.05, 0.1) is 0 Å². The van der Waals surface area contributed by atoms with Gasteiger partial charge in [-0.1, -0.05) is 33.1 Å². The van der Waals surface area contributed by atoms with Crippen LogP contribution in [-0.4, -0.2) is 79.1 Å². The molecular formula is C20H36N4O4S. The van der Waals surface area contributed by atoms with Gasteiger partial charge in [-0.05, 0) is 31.6 Å². The number of hydrogen-bond donors (Lipinski definition) is 1. The van der Waals surface area contributed by atoms with Gasteiger partial charge in [0.2, 0.25) is 11.8 Å². The van der Waals surface area contributed by atoms with Gasteiger partial charge < -0.3 is 10.2 Å². The van der Waals surface area contributed by atoms with Crippen LogP contribution in [0.5, 0.6) is 0 Å². The van der Waals surface area contributed by atoms with Crippen LogP contribution in [0.1, 0.15) is 58.8 Å². The van der Waals surface area contributed by atoms with Gasteiger partial charge in [-0.25, -0.2) is 0 Å². The van der Waals surface area contributed by atoms with Crippen LogP contribution in [0.15, 0.2) is 0 Å². The number of nitrogens with one attached hydrogen (secondary N) is 1. The fourth-order valence-electron chi connectivity index (χ4n) is 4.57. The molecule has 29 heavy (non-hydrogen) atoms. The number of nitrogens with zero attached hydrogens (tertiary/aromatic N) is 3. The van der Waals surface area contributed by atoms with E-state index in [-0.39, 0.29) is 23.7 Å². The molecule has 0 aromatic rings. The molecule has 2 heterocycles. The van der Waals surface area contributed by atoms with E-state index >= 15 is 0 Å². The van der Waals surface area contributed by atoms with Crippen molar-refractivity contribution in [2.24, 2.45) is 11.8 Å². The minimum Gasteiger partial charge on any atom is -0.344 e. The van der Waals surface area contributed by atoms with E-state index in [4.69, 9.17) is 0 Å². The second-order valence-corrected chi connectivity index (χ2v) is 10.8. The van der Waals surface area contributed by atoms with Gasteiger partial charge in [0, 0.05) is 45.2 Å². The zero-order chi connectivity index (χ0) is 21.0. The number of carbonyl (C=O) groups is 2. The maximum absolute atomic E-state index is 13.1. The Hall–Kier alpha value is -1.19. The molecule has 1 unspecified atom stereocenters. The first-order valence-electron chi connectivity index (χ1n) is 11.1. The van der Waals surface area contributed by atoms with Crippen LogP contribution in [0.2, 0.25) is 0 Å². The van der Waals surface area contributed by atoms with Crippen molar-refractivity contribution in [1.82, 2.24) is 18.8 Å². The van der Waals surface area contributed by atoms with E-state index in [1.165, 1.54) is 10.7 Å². The molecule has 8 nitrogen and oxygen atoms in total. The summed E-state index contributed by atoms with van der Waals surface area (Å²) in [5.41, 5.74) is 0. The summed E-state index contributed by atoms with van der Waals surface area (Å²) in [5, 5.41) is 3.00. The smallest absolute Gasteiger partial charge is 0.282 e. The Bertz CT molecular complexity index is 677. The first-order valence-corrected chi connectivity index (χ1v) is 12.5. The van der Waals surface area contributed by atoms with Gasteiger partial charge in [0.15, 0.2) is 0 Å². The summed E-state index contributed by atoms with van der Waals surface area (Å²) >= 11 is 0.